The van der Waals surface area contributed by atoms with E-state index in [1.807, 2.05) is 0 Å². The first-order valence-electron chi connectivity index (χ1n) is 6.21. The summed E-state index contributed by atoms with van der Waals surface area (Å²) in [6, 6.07) is -3.94. The Kier molecular flexibility index (Phi) is 8.67. The number of nitrogens with one attached hydrogen (secondary N) is 1. The lowest BCUT2D eigenvalue weighted by Crippen LogP contribution is -2.45. The van der Waals surface area contributed by atoms with E-state index in [9.17, 15) is 19.2 Å². The molecule has 0 aliphatic heterocycles. The van der Waals surface area contributed by atoms with E-state index in [1.54, 1.807) is 0 Å². The maximum Gasteiger partial charge on any atom is 0.328 e. The Morgan fingerprint density at radius 1 is 0.909 bits per heavy atom. The highest BCUT2D eigenvalue weighted by Gasteiger charge is 2.22. The minimum atomic E-state index is -1.41. The highest BCUT2D eigenvalue weighted by molar-refractivity contribution is 5.84. The zero-order valence-electron chi connectivity index (χ0n) is 11.6. The molecule has 11 nitrogen and oxygen atoms in total. The van der Waals surface area contributed by atoms with Gasteiger partial charge in [-0.1, -0.05) is 0 Å². The van der Waals surface area contributed by atoms with Crippen LogP contribution in [-0.2, 0) is 23.9 Å². The number of hydrogen-bond acceptors (Lipinski definition) is 7. The predicted molar refractivity (Wildman–Crippen MR) is 70.8 cm³/mol. The molecule has 11 heteroatoms. The molecular weight excluding hydrogens is 302 g/mol. The molecule has 0 bridgehead atoms. The lowest BCUT2D eigenvalue weighted by atomic mass is 10.1. The molecule has 0 saturated carbocycles. The number of carboxylic acid groups (broad SMARTS) is 3. The van der Waals surface area contributed by atoms with Crippen LogP contribution in [0.2, 0.25) is 0 Å². The van der Waals surface area contributed by atoms with Crippen molar-refractivity contribution in [3.8, 4) is 0 Å². The summed E-state index contributed by atoms with van der Waals surface area (Å²) >= 11 is 0. The second-order valence-corrected chi connectivity index (χ2v) is 4.42. The molecule has 0 aliphatic carbocycles. The Morgan fingerprint density at radius 2 is 1.45 bits per heavy atom. The van der Waals surface area contributed by atoms with Crippen molar-refractivity contribution < 1.29 is 39.2 Å². The average Bonchev–Trinajstić information content (AvgIpc) is 2.42. The van der Waals surface area contributed by atoms with Crippen molar-refractivity contribution in [2.75, 3.05) is 13.2 Å². The van der Waals surface area contributed by atoms with Crippen LogP contribution >= 0.6 is 0 Å². The van der Waals surface area contributed by atoms with Crippen LogP contribution in [0.5, 0.6) is 0 Å². The van der Waals surface area contributed by atoms with Gasteiger partial charge < -0.3 is 36.8 Å². The predicted octanol–water partition coefficient (Wildman–Crippen LogP) is -2.82. The van der Waals surface area contributed by atoms with Gasteiger partial charge in [0, 0.05) is 6.42 Å². The molecular formula is C11H19N3O8. The van der Waals surface area contributed by atoms with Crippen molar-refractivity contribution in [2.45, 2.75) is 31.0 Å². The first-order chi connectivity index (χ1) is 10.1. The molecule has 126 valence electrons. The van der Waals surface area contributed by atoms with Crippen LogP contribution in [0.1, 0.15) is 12.8 Å². The standard InChI is InChI=1S/C11H19N3O8/c12-5(9(16)17)1-2-8(15)14-7(11(20)21)4-22-3-6(13)10(18)19/h5-7H,1-4,12-13H2,(H,14,15)(H,16,17)(H,18,19)(H,20,21)/t5-,6-,7?/m1/s1. The minimum Gasteiger partial charge on any atom is -0.480 e. The minimum absolute atomic E-state index is 0.155. The van der Waals surface area contributed by atoms with Crippen molar-refractivity contribution in [1.82, 2.24) is 5.32 Å². The summed E-state index contributed by atoms with van der Waals surface area (Å²) in [5, 5.41) is 28.1. The number of amides is 1. The first kappa shape index (κ1) is 19.8. The molecule has 1 amide bonds. The number of hydrogen-bond donors (Lipinski definition) is 6. The van der Waals surface area contributed by atoms with E-state index in [0.717, 1.165) is 0 Å². The number of rotatable bonds is 11. The third kappa shape index (κ3) is 8.14. The normalized spacial score (nSPS) is 14.6. The van der Waals surface area contributed by atoms with Crippen LogP contribution in [0.3, 0.4) is 0 Å². The van der Waals surface area contributed by atoms with Crippen molar-refractivity contribution in [1.29, 1.82) is 0 Å². The summed E-state index contributed by atoms with van der Waals surface area (Å²) in [5.74, 6) is -4.68. The van der Waals surface area contributed by atoms with Crippen LogP contribution in [0.25, 0.3) is 0 Å². The summed E-state index contributed by atoms with van der Waals surface area (Å²) in [6.45, 7) is -0.897. The molecule has 8 N–H and O–H groups in total. The van der Waals surface area contributed by atoms with Gasteiger partial charge in [-0.25, -0.2) is 4.79 Å². The van der Waals surface area contributed by atoms with E-state index in [1.165, 1.54) is 0 Å². The maximum atomic E-state index is 11.5. The van der Waals surface area contributed by atoms with E-state index in [-0.39, 0.29) is 12.8 Å². The largest absolute Gasteiger partial charge is 0.480 e. The van der Waals surface area contributed by atoms with E-state index >= 15 is 0 Å². The molecule has 22 heavy (non-hydrogen) atoms. The van der Waals surface area contributed by atoms with Gasteiger partial charge in [-0.15, -0.1) is 0 Å². The molecule has 3 atom stereocenters. The fourth-order valence-corrected chi connectivity index (χ4v) is 1.24. The van der Waals surface area contributed by atoms with Crippen LogP contribution in [0.4, 0.5) is 0 Å². The summed E-state index contributed by atoms with van der Waals surface area (Å²) in [5.41, 5.74) is 10.4. The zero-order chi connectivity index (χ0) is 17.3. The van der Waals surface area contributed by atoms with E-state index in [2.05, 4.69) is 5.32 Å². The Morgan fingerprint density at radius 3 is 1.91 bits per heavy atom. The summed E-state index contributed by atoms with van der Waals surface area (Å²) < 4.78 is 4.82. The van der Waals surface area contributed by atoms with Crippen LogP contribution < -0.4 is 16.8 Å². The number of nitrogens with two attached hydrogens (primary N) is 2. The van der Waals surface area contributed by atoms with Crippen molar-refractivity contribution in [2.24, 2.45) is 11.5 Å². The quantitative estimate of drug-likeness (QED) is 0.230. The monoisotopic (exact) mass is 321 g/mol. The molecule has 0 heterocycles. The van der Waals surface area contributed by atoms with Crippen LogP contribution in [0.15, 0.2) is 0 Å². The fourth-order valence-electron chi connectivity index (χ4n) is 1.24. The molecule has 0 aromatic rings. The molecule has 0 aromatic carbocycles. The number of carboxylic acids is 3. The van der Waals surface area contributed by atoms with Gasteiger partial charge in [-0.2, -0.15) is 0 Å². The van der Waals surface area contributed by atoms with Crippen LogP contribution in [0, 0.1) is 0 Å². The molecule has 1 unspecified atom stereocenters. The number of carbonyl (C=O) groups is 4. The van der Waals surface area contributed by atoms with E-state index in [0.29, 0.717) is 0 Å². The van der Waals surface area contributed by atoms with E-state index in [4.69, 9.17) is 31.5 Å². The second-order valence-electron chi connectivity index (χ2n) is 4.42. The Hall–Kier alpha value is -2.24. The van der Waals surface area contributed by atoms with Gasteiger partial charge in [0.25, 0.3) is 0 Å². The molecule has 0 spiro atoms. The molecule has 0 radical (unpaired) electrons. The average molecular weight is 321 g/mol. The van der Waals surface area contributed by atoms with Gasteiger partial charge in [0.2, 0.25) is 5.91 Å². The SMILES string of the molecule is N[C@H](CCC(=O)NC(COC[C@@H](N)C(=O)O)C(=O)O)C(=O)O. The molecule has 0 saturated heterocycles. The van der Waals surface area contributed by atoms with Crippen molar-refractivity contribution in [3.63, 3.8) is 0 Å². The Balaban J connectivity index is 4.23. The first-order valence-corrected chi connectivity index (χ1v) is 6.21. The maximum absolute atomic E-state index is 11.5. The van der Waals surface area contributed by atoms with Crippen molar-refractivity contribution in [3.05, 3.63) is 0 Å². The third-order valence-corrected chi connectivity index (χ3v) is 2.53. The molecule has 0 rings (SSSR count). The van der Waals surface area contributed by atoms with Gasteiger partial charge in [0.05, 0.1) is 13.2 Å². The highest BCUT2D eigenvalue weighted by atomic mass is 16.5. The lowest BCUT2D eigenvalue weighted by Gasteiger charge is -2.16. The Bertz CT molecular complexity index is 428. The summed E-state index contributed by atoms with van der Waals surface area (Å²) in [7, 11) is 0. The number of ether oxygens (including phenoxy) is 1. The van der Waals surface area contributed by atoms with E-state index < -0.39 is 55.2 Å². The lowest BCUT2D eigenvalue weighted by molar-refractivity contribution is -0.145. The summed E-state index contributed by atoms with van der Waals surface area (Å²) in [6.07, 6.45) is -0.426. The van der Waals surface area contributed by atoms with Gasteiger partial charge in [0.15, 0.2) is 6.04 Å². The second kappa shape index (κ2) is 9.65. The Labute approximate surface area is 125 Å². The van der Waals surface area contributed by atoms with Gasteiger partial charge in [-0.05, 0) is 6.42 Å². The highest BCUT2D eigenvalue weighted by Crippen LogP contribution is 1.97. The van der Waals surface area contributed by atoms with Crippen LogP contribution in [-0.4, -0.2) is 70.5 Å². The molecule has 0 fully saturated rings. The van der Waals surface area contributed by atoms with Gasteiger partial charge in [-0.3, -0.25) is 14.4 Å². The topological polar surface area (TPSA) is 202 Å². The number of aliphatic carboxylic acids is 3. The molecule has 0 aromatic heterocycles. The molecule has 0 aliphatic rings. The third-order valence-electron chi connectivity index (χ3n) is 2.53. The van der Waals surface area contributed by atoms with Gasteiger partial charge in [0.1, 0.15) is 12.1 Å². The zero-order valence-corrected chi connectivity index (χ0v) is 11.6. The fraction of sp³-hybridized carbons (Fsp3) is 0.636. The smallest absolute Gasteiger partial charge is 0.328 e. The van der Waals surface area contributed by atoms with Crippen molar-refractivity contribution >= 4 is 23.8 Å². The number of carbonyl (C=O) groups excluding carboxylic acids is 1. The summed E-state index contributed by atoms with van der Waals surface area (Å²) in [4.78, 5) is 43.3. The van der Waals surface area contributed by atoms with Gasteiger partial charge >= 0.3 is 17.9 Å².